The second-order valence-corrected chi connectivity index (χ2v) is 8.32. The van der Waals surface area contributed by atoms with Crippen LogP contribution < -0.4 is 5.32 Å². The van der Waals surface area contributed by atoms with Crippen molar-refractivity contribution in [1.29, 1.82) is 0 Å². The largest absolute Gasteiger partial charge is 0.465 e. The fourth-order valence-electron chi connectivity index (χ4n) is 3.25. The zero-order valence-electron chi connectivity index (χ0n) is 15.9. The summed E-state index contributed by atoms with van der Waals surface area (Å²) >= 11 is 5.17. The quantitative estimate of drug-likeness (QED) is 0.353. The second kappa shape index (κ2) is 8.31. The van der Waals surface area contributed by atoms with Gasteiger partial charge in [-0.2, -0.15) is 0 Å². The summed E-state index contributed by atoms with van der Waals surface area (Å²) in [5.74, 6) is 0.270. The number of esters is 1. The first-order chi connectivity index (χ1) is 14.1. The number of nitrogens with zero attached hydrogens (tertiary/aromatic N) is 2. The number of nitrogens with one attached hydrogen (secondary N) is 1. The molecular formula is C22H18BrN3O2S. The van der Waals surface area contributed by atoms with Crippen LogP contribution in [0.2, 0.25) is 0 Å². The number of para-hydroxylation sites is 1. The third-order valence-electron chi connectivity index (χ3n) is 4.60. The number of halogens is 1. The van der Waals surface area contributed by atoms with E-state index in [4.69, 9.17) is 4.74 Å². The van der Waals surface area contributed by atoms with Gasteiger partial charge in [0.1, 0.15) is 17.0 Å². The molecular weight excluding hydrogens is 450 g/mol. The molecule has 4 aromatic rings. The summed E-state index contributed by atoms with van der Waals surface area (Å²) < 4.78 is 5.94. The number of carbonyl (C=O) groups is 1. The van der Waals surface area contributed by atoms with Crippen LogP contribution in [-0.2, 0) is 11.2 Å². The van der Waals surface area contributed by atoms with Crippen molar-refractivity contribution in [2.45, 2.75) is 13.3 Å². The molecule has 1 N–H and O–H groups in total. The van der Waals surface area contributed by atoms with Crippen molar-refractivity contribution in [2.75, 3.05) is 12.4 Å². The maximum atomic E-state index is 12.2. The number of fused-ring (bicyclic) bond motifs is 1. The lowest BCUT2D eigenvalue weighted by molar-refractivity contribution is 0.0602. The van der Waals surface area contributed by atoms with Crippen molar-refractivity contribution in [3.8, 4) is 11.1 Å². The Kier molecular flexibility index (Phi) is 5.60. The fraction of sp³-hybridized carbons (Fsp3) is 0.136. The highest BCUT2D eigenvalue weighted by atomic mass is 79.9. The summed E-state index contributed by atoms with van der Waals surface area (Å²) in [4.78, 5) is 23.3. The van der Waals surface area contributed by atoms with E-state index in [2.05, 4.69) is 50.3 Å². The monoisotopic (exact) mass is 467 g/mol. The highest BCUT2D eigenvalue weighted by Gasteiger charge is 2.19. The molecule has 7 heteroatoms. The van der Waals surface area contributed by atoms with Crippen molar-refractivity contribution in [3.05, 3.63) is 69.8 Å². The average Bonchev–Trinajstić information content (AvgIpc) is 3.14. The van der Waals surface area contributed by atoms with Crippen molar-refractivity contribution in [2.24, 2.45) is 0 Å². The van der Waals surface area contributed by atoms with Gasteiger partial charge in [-0.15, -0.1) is 11.3 Å². The first-order valence-electron chi connectivity index (χ1n) is 9.09. The summed E-state index contributed by atoms with van der Waals surface area (Å²) in [5.41, 5.74) is 3.33. The van der Waals surface area contributed by atoms with E-state index < -0.39 is 5.97 Å². The van der Waals surface area contributed by atoms with E-state index in [1.54, 1.807) is 29.8 Å². The topological polar surface area (TPSA) is 64.1 Å². The van der Waals surface area contributed by atoms with E-state index in [0.717, 1.165) is 32.2 Å². The normalized spacial score (nSPS) is 10.9. The van der Waals surface area contributed by atoms with Gasteiger partial charge in [0, 0.05) is 14.9 Å². The van der Waals surface area contributed by atoms with E-state index >= 15 is 0 Å². The lowest BCUT2D eigenvalue weighted by atomic mass is 10.0. The Bertz CT molecular complexity index is 1190. The van der Waals surface area contributed by atoms with Crippen molar-refractivity contribution in [3.63, 3.8) is 0 Å². The van der Waals surface area contributed by atoms with Crippen molar-refractivity contribution >= 4 is 55.0 Å². The fourth-order valence-corrected chi connectivity index (χ4v) is 4.62. The molecule has 2 aromatic heterocycles. The lowest BCUT2D eigenvalue weighted by Gasteiger charge is -2.12. The maximum absolute atomic E-state index is 12.2. The minimum atomic E-state index is -0.397. The van der Waals surface area contributed by atoms with Crippen molar-refractivity contribution < 1.29 is 9.53 Å². The van der Waals surface area contributed by atoms with Crippen LogP contribution in [0.25, 0.3) is 21.3 Å². The van der Waals surface area contributed by atoms with Gasteiger partial charge in [0.25, 0.3) is 0 Å². The molecule has 0 aliphatic carbocycles. The first kappa shape index (κ1) is 19.5. The van der Waals surface area contributed by atoms with Crippen LogP contribution in [-0.4, -0.2) is 23.0 Å². The molecule has 146 valence electrons. The van der Waals surface area contributed by atoms with Crippen LogP contribution in [0, 0.1) is 0 Å². The molecule has 0 saturated carbocycles. The summed E-state index contributed by atoms with van der Waals surface area (Å²) in [5, 5.41) is 4.29. The Balaban J connectivity index is 1.90. The van der Waals surface area contributed by atoms with Crippen LogP contribution >= 0.6 is 27.3 Å². The lowest BCUT2D eigenvalue weighted by Crippen LogP contribution is -2.06. The third kappa shape index (κ3) is 3.75. The Morgan fingerprint density at radius 3 is 2.62 bits per heavy atom. The van der Waals surface area contributed by atoms with E-state index in [-0.39, 0.29) is 0 Å². The summed E-state index contributed by atoms with van der Waals surface area (Å²) in [7, 11) is 1.38. The molecule has 29 heavy (non-hydrogen) atoms. The van der Waals surface area contributed by atoms with Crippen LogP contribution in [0.3, 0.4) is 0 Å². The first-order valence-corrected chi connectivity index (χ1v) is 10.7. The number of hydrogen-bond donors (Lipinski definition) is 1. The minimum absolute atomic E-state index is 0.397. The summed E-state index contributed by atoms with van der Waals surface area (Å²) in [6.45, 7) is 2.14. The molecule has 0 unspecified atom stereocenters. The number of carbonyl (C=O) groups excluding carboxylic acids is 1. The average molecular weight is 468 g/mol. The van der Waals surface area contributed by atoms with Gasteiger partial charge in [-0.25, -0.2) is 14.8 Å². The molecule has 0 spiro atoms. The Labute approximate surface area is 180 Å². The number of methoxy groups -OCH3 is 1. The van der Waals surface area contributed by atoms with Gasteiger partial charge in [-0.3, -0.25) is 0 Å². The van der Waals surface area contributed by atoms with E-state index in [9.17, 15) is 4.79 Å². The van der Waals surface area contributed by atoms with Gasteiger partial charge in [0.15, 0.2) is 0 Å². The van der Waals surface area contributed by atoms with Crippen LogP contribution in [0.5, 0.6) is 0 Å². The minimum Gasteiger partial charge on any atom is -0.465 e. The Hall–Kier alpha value is -2.77. The number of thiophene rings is 1. The molecule has 4 rings (SSSR count). The van der Waals surface area contributed by atoms with Gasteiger partial charge in [0.2, 0.25) is 0 Å². The molecule has 0 bridgehead atoms. The van der Waals surface area contributed by atoms with Gasteiger partial charge >= 0.3 is 5.97 Å². The molecule has 2 heterocycles. The highest BCUT2D eigenvalue weighted by Crippen LogP contribution is 2.42. The van der Waals surface area contributed by atoms with E-state index in [0.29, 0.717) is 17.1 Å². The zero-order valence-corrected chi connectivity index (χ0v) is 18.3. The molecule has 0 aliphatic rings. The Morgan fingerprint density at radius 1 is 1.14 bits per heavy atom. The predicted molar refractivity (Wildman–Crippen MR) is 121 cm³/mol. The molecule has 0 radical (unpaired) electrons. The van der Waals surface area contributed by atoms with Gasteiger partial charge in [-0.05, 0) is 36.2 Å². The smallest absolute Gasteiger partial charge is 0.339 e. The Morgan fingerprint density at radius 2 is 1.90 bits per heavy atom. The van der Waals surface area contributed by atoms with E-state index in [1.165, 1.54) is 12.0 Å². The number of hydrogen-bond acceptors (Lipinski definition) is 6. The maximum Gasteiger partial charge on any atom is 0.339 e. The molecule has 5 nitrogen and oxygen atoms in total. The standard InChI is InChI=1S/C22H18BrN3O2S/c1-3-17-18(13-8-10-14(23)11-9-13)19-20(24-12-25-21(19)29-17)26-16-7-5-4-6-15(16)22(27)28-2/h4-12H,3H2,1-2H3,(H,24,25,26). The summed E-state index contributed by atoms with van der Waals surface area (Å²) in [6.07, 6.45) is 2.44. The van der Waals surface area contributed by atoms with E-state index in [1.807, 2.05) is 24.3 Å². The zero-order chi connectivity index (χ0) is 20.4. The SMILES string of the molecule is CCc1sc2ncnc(Nc3ccccc3C(=O)OC)c2c1-c1ccc(Br)cc1. The predicted octanol–water partition coefficient (Wildman–Crippen LogP) is 6.21. The van der Waals surface area contributed by atoms with Gasteiger partial charge in [-0.1, -0.05) is 47.1 Å². The molecule has 2 aromatic carbocycles. The second-order valence-electron chi connectivity index (χ2n) is 6.33. The van der Waals surface area contributed by atoms with Crippen LogP contribution in [0.4, 0.5) is 11.5 Å². The number of rotatable bonds is 5. The number of aromatic nitrogens is 2. The van der Waals surface area contributed by atoms with Gasteiger partial charge < -0.3 is 10.1 Å². The molecule has 0 atom stereocenters. The van der Waals surface area contributed by atoms with Gasteiger partial charge in [0.05, 0.1) is 23.7 Å². The number of ether oxygens (including phenoxy) is 1. The van der Waals surface area contributed by atoms with Crippen molar-refractivity contribution in [1.82, 2.24) is 9.97 Å². The van der Waals surface area contributed by atoms with Crippen LogP contribution in [0.1, 0.15) is 22.2 Å². The summed E-state index contributed by atoms with van der Waals surface area (Å²) in [6, 6.07) is 15.5. The number of anilines is 2. The number of aryl methyl sites for hydroxylation is 1. The third-order valence-corrected chi connectivity index (χ3v) is 6.37. The molecule has 0 saturated heterocycles. The van der Waals surface area contributed by atoms with Crippen LogP contribution in [0.15, 0.2) is 59.3 Å². The molecule has 0 amide bonds. The molecule has 0 fully saturated rings. The molecule has 0 aliphatic heterocycles. The number of benzene rings is 2. The highest BCUT2D eigenvalue weighted by molar-refractivity contribution is 9.10.